The summed E-state index contributed by atoms with van der Waals surface area (Å²) in [4.78, 5) is 10.6. The highest BCUT2D eigenvalue weighted by molar-refractivity contribution is 5.75. The van der Waals surface area contributed by atoms with Gasteiger partial charge in [0.05, 0.1) is 11.1 Å². The van der Waals surface area contributed by atoms with Crippen molar-refractivity contribution in [2.24, 2.45) is 0 Å². The van der Waals surface area contributed by atoms with E-state index in [0.29, 0.717) is 24.0 Å². The Bertz CT molecular complexity index is 734. The smallest absolute Gasteiger partial charge is 0.417 e. The Kier molecular flexibility index (Phi) is 4.86. The third kappa shape index (κ3) is 4.27. The summed E-state index contributed by atoms with van der Waals surface area (Å²) in [7, 11) is 0. The average Bonchev–Trinajstić information content (AvgIpc) is 2.51. The molecule has 8 heteroatoms. The van der Waals surface area contributed by atoms with Gasteiger partial charge >= 0.3 is 12.4 Å². The molecule has 0 aliphatic carbocycles. The molecule has 0 spiro atoms. The molecule has 0 saturated heterocycles. The number of benzene rings is 2. The molecule has 2 aromatic carbocycles. The second kappa shape index (κ2) is 6.54. The van der Waals surface area contributed by atoms with Crippen LogP contribution in [0.2, 0.25) is 0 Å². The van der Waals surface area contributed by atoms with Crippen LogP contribution in [0.5, 0.6) is 5.75 Å². The van der Waals surface area contributed by atoms with Crippen molar-refractivity contribution < 1.29 is 35.9 Å². The first-order chi connectivity index (χ1) is 11.1. The van der Waals surface area contributed by atoms with E-state index in [1.165, 1.54) is 24.3 Å². The predicted octanol–water partition coefficient (Wildman–Crippen LogP) is 5.12. The lowest BCUT2D eigenvalue weighted by Gasteiger charge is -2.17. The molecule has 0 unspecified atom stereocenters. The summed E-state index contributed by atoms with van der Waals surface area (Å²) < 4.78 is 81.8. The average molecular weight is 348 g/mol. The van der Waals surface area contributed by atoms with Gasteiger partial charge in [-0.2, -0.15) is 26.3 Å². The number of rotatable bonds is 4. The summed E-state index contributed by atoms with van der Waals surface area (Å²) in [5, 5.41) is 0. The zero-order valence-corrected chi connectivity index (χ0v) is 11.9. The third-order valence-corrected chi connectivity index (χ3v) is 3.09. The molecule has 0 N–H and O–H groups in total. The molecule has 0 saturated carbocycles. The Labute approximate surface area is 132 Å². The first-order valence-corrected chi connectivity index (χ1v) is 6.56. The minimum atomic E-state index is -5.14. The van der Waals surface area contributed by atoms with E-state index >= 15 is 0 Å². The van der Waals surface area contributed by atoms with Gasteiger partial charge in [-0.1, -0.05) is 18.2 Å². The molecule has 0 radical (unpaired) electrons. The van der Waals surface area contributed by atoms with Crippen molar-refractivity contribution in [1.82, 2.24) is 0 Å². The highest BCUT2D eigenvalue weighted by Gasteiger charge is 2.43. The van der Waals surface area contributed by atoms with E-state index in [9.17, 15) is 31.1 Å². The van der Waals surface area contributed by atoms with E-state index in [1.54, 1.807) is 0 Å². The molecule has 0 atom stereocenters. The maximum atomic E-state index is 12.8. The molecular weight excluding hydrogens is 338 g/mol. The van der Waals surface area contributed by atoms with Gasteiger partial charge in [-0.3, -0.25) is 4.79 Å². The fourth-order valence-corrected chi connectivity index (χ4v) is 2.01. The quantitative estimate of drug-likeness (QED) is 0.567. The van der Waals surface area contributed by atoms with E-state index < -0.39 is 23.5 Å². The molecule has 2 nitrogen and oxygen atoms in total. The monoisotopic (exact) mass is 348 g/mol. The fraction of sp³-hybridized carbons (Fsp3) is 0.188. The summed E-state index contributed by atoms with van der Waals surface area (Å²) >= 11 is 0. The van der Waals surface area contributed by atoms with Crippen molar-refractivity contribution in [2.45, 2.75) is 19.0 Å². The van der Waals surface area contributed by atoms with Gasteiger partial charge in [0.2, 0.25) is 0 Å². The Morgan fingerprint density at radius 1 is 0.875 bits per heavy atom. The van der Waals surface area contributed by atoms with Crippen molar-refractivity contribution in [2.75, 3.05) is 0 Å². The lowest BCUT2D eigenvalue weighted by atomic mass is 10.0. The first kappa shape index (κ1) is 17.8. The van der Waals surface area contributed by atoms with Gasteiger partial charge < -0.3 is 4.74 Å². The second-order valence-electron chi connectivity index (χ2n) is 4.85. The molecule has 2 rings (SSSR count). The second-order valence-corrected chi connectivity index (χ2v) is 4.85. The number of hydrogen-bond donors (Lipinski definition) is 0. The van der Waals surface area contributed by atoms with E-state index in [2.05, 4.69) is 0 Å². The Morgan fingerprint density at radius 2 is 1.54 bits per heavy atom. The minimum absolute atomic E-state index is 0.0770. The maximum Gasteiger partial charge on any atom is 0.417 e. The van der Waals surface area contributed by atoms with E-state index in [-0.39, 0.29) is 17.9 Å². The molecule has 0 aliphatic rings. The number of hydrogen-bond acceptors (Lipinski definition) is 2. The molecule has 0 aromatic heterocycles. The molecule has 128 valence electrons. The summed E-state index contributed by atoms with van der Waals surface area (Å²) in [6.45, 7) is -0.372. The van der Waals surface area contributed by atoms with Crippen LogP contribution in [-0.2, 0) is 19.0 Å². The summed E-state index contributed by atoms with van der Waals surface area (Å²) in [5.41, 5.74) is -3.29. The number of aldehydes is 1. The maximum absolute atomic E-state index is 12.8. The van der Waals surface area contributed by atoms with Gasteiger partial charge in [0.1, 0.15) is 18.6 Å². The van der Waals surface area contributed by atoms with Crippen LogP contribution < -0.4 is 4.74 Å². The van der Waals surface area contributed by atoms with Crippen molar-refractivity contribution in [3.8, 4) is 5.75 Å². The Balaban J connectivity index is 2.27. The molecule has 0 bridgehead atoms. The third-order valence-electron chi connectivity index (χ3n) is 3.09. The van der Waals surface area contributed by atoms with Gasteiger partial charge in [0.25, 0.3) is 0 Å². The van der Waals surface area contributed by atoms with Gasteiger partial charge in [-0.05, 0) is 29.8 Å². The van der Waals surface area contributed by atoms with Crippen LogP contribution in [0.15, 0.2) is 42.5 Å². The largest absolute Gasteiger partial charge is 0.489 e. The van der Waals surface area contributed by atoms with Crippen LogP contribution in [0.3, 0.4) is 0 Å². The topological polar surface area (TPSA) is 26.3 Å². The van der Waals surface area contributed by atoms with Crippen LogP contribution in [0, 0.1) is 0 Å². The molecule has 0 heterocycles. The van der Waals surface area contributed by atoms with Crippen molar-refractivity contribution in [3.05, 3.63) is 64.7 Å². The predicted molar refractivity (Wildman–Crippen MR) is 72.6 cm³/mol. The summed E-state index contributed by atoms with van der Waals surface area (Å²) in [5.74, 6) is 0.216. The van der Waals surface area contributed by atoms with Crippen molar-refractivity contribution in [1.29, 1.82) is 0 Å². The highest BCUT2D eigenvalue weighted by atomic mass is 19.4. The molecule has 0 fully saturated rings. The van der Waals surface area contributed by atoms with E-state index in [4.69, 9.17) is 4.74 Å². The number of carbonyl (C=O) groups is 1. The molecule has 0 aliphatic heterocycles. The van der Waals surface area contributed by atoms with Crippen LogP contribution >= 0.6 is 0 Å². The molecule has 24 heavy (non-hydrogen) atoms. The summed E-state index contributed by atoms with van der Waals surface area (Å²) in [6, 6.07) is 7.55. The highest BCUT2D eigenvalue weighted by Crippen LogP contribution is 2.40. The number of alkyl halides is 6. The minimum Gasteiger partial charge on any atom is -0.489 e. The number of halogens is 6. The van der Waals surface area contributed by atoms with E-state index in [0.717, 1.165) is 6.07 Å². The molecule has 0 amide bonds. The molecular formula is C16H10F6O2. The van der Waals surface area contributed by atoms with Gasteiger partial charge in [0, 0.05) is 5.56 Å². The number of ether oxygens (including phenoxy) is 1. The lowest BCUT2D eigenvalue weighted by molar-refractivity contribution is -0.162. The normalized spacial score (nSPS) is 12.1. The van der Waals surface area contributed by atoms with Crippen molar-refractivity contribution >= 4 is 6.29 Å². The number of carbonyl (C=O) groups excluding carboxylic acids is 1. The van der Waals surface area contributed by atoms with Gasteiger partial charge in [-0.25, -0.2) is 0 Å². The standard InChI is InChI=1S/C16H10F6O2/c17-15(18,19)13-5-4-11(7-14(13)16(20,21)22)9-24-12-3-1-2-10(6-12)8-23/h1-8H,9H2. The first-order valence-electron chi connectivity index (χ1n) is 6.56. The Morgan fingerprint density at radius 3 is 2.12 bits per heavy atom. The van der Waals surface area contributed by atoms with Crippen LogP contribution in [0.4, 0.5) is 26.3 Å². The fourth-order valence-electron chi connectivity index (χ4n) is 2.01. The van der Waals surface area contributed by atoms with E-state index in [1.807, 2.05) is 0 Å². The molecule has 2 aromatic rings. The van der Waals surface area contributed by atoms with Crippen LogP contribution in [0.25, 0.3) is 0 Å². The van der Waals surface area contributed by atoms with Gasteiger partial charge in [0.15, 0.2) is 0 Å². The lowest BCUT2D eigenvalue weighted by Crippen LogP contribution is -2.17. The van der Waals surface area contributed by atoms with Crippen LogP contribution in [-0.4, -0.2) is 6.29 Å². The SMILES string of the molecule is O=Cc1cccc(OCc2ccc(C(F)(F)F)c(C(F)(F)F)c2)c1. The zero-order chi connectivity index (χ0) is 18.0. The summed E-state index contributed by atoms with van der Waals surface area (Å²) in [6.07, 6.45) is -9.69. The van der Waals surface area contributed by atoms with Crippen molar-refractivity contribution in [3.63, 3.8) is 0 Å². The Hall–Kier alpha value is -2.51. The zero-order valence-electron chi connectivity index (χ0n) is 11.9. The van der Waals surface area contributed by atoms with Crippen LogP contribution in [0.1, 0.15) is 27.0 Å². The van der Waals surface area contributed by atoms with Gasteiger partial charge in [-0.15, -0.1) is 0 Å².